The van der Waals surface area contributed by atoms with Crippen LogP contribution in [-0.4, -0.2) is 35.4 Å². The Morgan fingerprint density at radius 1 is 1.46 bits per heavy atom. The summed E-state index contributed by atoms with van der Waals surface area (Å²) in [6, 6.07) is 0.389. The summed E-state index contributed by atoms with van der Waals surface area (Å²) in [6.07, 6.45) is 2.18. The fourth-order valence-electron chi connectivity index (χ4n) is 2.30. The van der Waals surface area contributed by atoms with Gasteiger partial charge in [0.1, 0.15) is 6.10 Å². The van der Waals surface area contributed by atoms with Crippen molar-refractivity contribution in [1.82, 2.24) is 5.32 Å². The molecule has 0 amide bonds. The molecule has 0 aromatic rings. The van der Waals surface area contributed by atoms with Gasteiger partial charge in [-0.2, -0.15) is 0 Å². The number of piperidine rings is 1. The maximum Gasteiger partial charge on any atom is 0.302 e. The number of esters is 1. The van der Waals surface area contributed by atoms with E-state index in [2.05, 4.69) is 5.32 Å². The molecule has 0 radical (unpaired) electrons. The van der Waals surface area contributed by atoms with E-state index in [1.807, 2.05) is 0 Å². The van der Waals surface area contributed by atoms with Crippen molar-refractivity contribution in [3.05, 3.63) is 0 Å². The van der Waals surface area contributed by atoms with Crippen molar-refractivity contribution in [3.63, 3.8) is 0 Å². The van der Waals surface area contributed by atoms with Crippen LogP contribution >= 0.6 is 0 Å². The van der Waals surface area contributed by atoms with Crippen LogP contribution in [0.2, 0.25) is 0 Å². The van der Waals surface area contributed by atoms with Gasteiger partial charge >= 0.3 is 5.97 Å². The van der Waals surface area contributed by atoms with Gasteiger partial charge in [0.15, 0.2) is 0 Å². The largest absolute Gasteiger partial charge is 0.461 e. The zero-order valence-electron chi connectivity index (χ0n) is 7.69. The standard InChI is InChI=1S/C9H15NO3/c1-5(11)13-9-4-7-8(12)3-2-6(9)10-7/h6-10,12H,2-4H2,1H3/t6-,7-,8+,9+/m0/s1. The van der Waals surface area contributed by atoms with E-state index < -0.39 is 0 Å². The molecule has 0 saturated carbocycles. The SMILES string of the molecule is CC(=O)O[C@@H]1C[C@@H]2N[C@H]1CC[C@H]2O. The fraction of sp³-hybridized carbons (Fsp3) is 0.889. The first kappa shape index (κ1) is 8.97. The van der Waals surface area contributed by atoms with E-state index in [1.165, 1.54) is 6.92 Å². The number of hydrogen-bond acceptors (Lipinski definition) is 4. The average molecular weight is 185 g/mol. The van der Waals surface area contributed by atoms with Gasteiger partial charge in [-0.25, -0.2) is 0 Å². The number of carbonyl (C=O) groups excluding carboxylic acids is 1. The maximum absolute atomic E-state index is 10.8. The summed E-state index contributed by atoms with van der Waals surface area (Å²) in [6.45, 7) is 1.43. The number of ether oxygens (including phenoxy) is 1. The number of fused-ring (bicyclic) bond motifs is 2. The van der Waals surface area contributed by atoms with Crippen molar-refractivity contribution < 1.29 is 14.6 Å². The van der Waals surface area contributed by atoms with Crippen LogP contribution in [0, 0.1) is 0 Å². The smallest absolute Gasteiger partial charge is 0.302 e. The molecule has 74 valence electrons. The zero-order valence-corrected chi connectivity index (χ0v) is 7.69. The van der Waals surface area contributed by atoms with Crippen LogP contribution in [0.15, 0.2) is 0 Å². The van der Waals surface area contributed by atoms with Gasteiger partial charge < -0.3 is 15.2 Å². The Hall–Kier alpha value is -0.610. The van der Waals surface area contributed by atoms with Gasteiger partial charge in [-0.1, -0.05) is 0 Å². The topological polar surface area (TPSA) is 58.6 Å². The lowest BCUT2D eigenvalue weighted by Crippen LogP contribution is -2.44. The van der Waals surface area contributed by atoms with Crippen molar-refractivity contribution in [2.75, 3.05) is 0 Å². The van der Waals surface area contributed by atoms with Crippen molar-refractivity contribution in [2.45, 2.75) is 50.5 Å². The molecule has 2 saturated heterocycles. The van der Waals surface area contributed by atoms with Crippen molar-refractivity contribution in [3.8, 4) is 0 Å². The van der Waals surface area contributed by atoms with Crippen LogP contribution in [0.4, 0.5) is 0 Å². The highest BCUT2D eigenvalue weighted by Crippen LogP contribution is 2.29. The predicted octanol–water partition coefficient (Wildman–Crippen LogP) is -0.197. The maximum atomic E-state index is 10.8. The number of aliphatic hydroxyl groups excluding tert-OH is 1. The lowest BCUT2D eigenvalue weighted by atomic mass is 10.0. The number of hydrogen-bond donors (Lipinski definition) is 2. The summed E-state index contributed by atoms with van der Waals surface area (Å²) in [5, 5.41) is 12.8. The number of nitrogens with one attached hydrogen (secondary N) is 1. The molecule has 0 aliphatic carbocycles. The molecule has 2 heterocycles. The summed E-state index contributed by atoms with van der Waals surface area (Å²) in [5.41, 5.74) is 0. The summed E-state index contributed by atoms with van der Waals surface area (Å²) in [7, 11) is 0. The van der Waals surface area contributed by atoms with Crippen LogP contribution < -0.4 is 5.32 Å². The van der Waals surface area contributed by atoms with Gasteiger partial charge in [0.2, 0.25) is 0 Å². The Kier molecular flexibility index (Phi) is 2.26. The molecule has 0 aromatic heterocycles. The van der Waals surface area contributed by atoms with E-state index in [9.17, 15) is 9.90 Å². The first-order chi connectivity index (χ1) is 6.16. The minimum atomic E-state index is -0.267. The molecule has 2 aliphatic heterocycles. The van der Waals surface area contributed by atoms with Gasteiger partial charge in [0, 0.05) is 25.4 Å². The highest BCUT2D eigenvalue weighted by Gasteiger charge is 2.42. The van der Waals surface area contributed by atoms with Crippen LogP contribution in [0.5, 0.6) is 0 Å². The third-order valence-electron chi connectivity index (χ3n) is 2.92. The molecule has 2 bridgehead atoms. The summed E-state index contributed by atoms with van der Waals surface area (Å²) < 4.78 is 5.16. The van der Waals surface area contributed by atoms with Crippen molar-refractivity contribution >= 4 is 5.97 Å². The van der Waals surface area contributed by atoms with Crippen LogP contribution in [0.1, 0.15) is 26.2 Å². The van der Waals surface area contributed by atoms with E-state index >= 15 is 0 Å². The van der Waals surface area contributed by atoms with Crippen molar-refractivity contribution in [1.29, 1.82) is 0 Å². The lowest BCUT2D eigenvalue weighted by Gasteiger charge is -2.26. The Bertz CT molecular complexity index is 219. The molecule has 0 spiro atoms. The van der Waals surface area contributed by atoms with E-state index in [0.29, 0.717) is 0 Å². The monoisotopic (exact) mass is 185 g/mol. The molecule has 0 aromatic carbocycles. The predicted molar refractivity (Wildman–Crippen MR) is 46.1 cm³/mol. The third kappa shape index (κ3) is 1.69. The van der Waals surface area contributed by atoms with Gasteiger partial charge in [0.25, 0.3) is 0 Å². The minimum Gasteiger partial charge on any atom is -0.461 e. The number of rotatable bonds is 1. The van der Waals surface area contributed by atoms with Crippen molar-refractivity contribution in [2.24, 2.45) is 0 Å². The molecule has 2 rings (SSSR count). The summed E-state index contributed by atoms with van der Waals surface area (Å²) >= 11 is 0. The lowest BCUT2D eigenvalue weighted by molar-refractivity contribution is -0.146. The van der Waals surface area contributed by atoms with Gasteiger partial charge in [-0.05, 0) is 12.8 Å². The Morgan fingerprint density at radius 3 is 2.85 bits per heavy atom. The highest BCUT2D eigenvalue weighted by molar-refractivity contribution is 5.66. The summed E-state index contributed by atoms with van der Waals surface area (Å²) in [5.74, 6) is -0.228. The summed E-state index contributed by atoms with van der Waals surface area (Å²) in [4.78, 5) is 10.8. The molecular formula is C9H15NO3. The quantitative estimate of drug-likeness (QED) is 0.556. The molecule has 4 atom stereocenters. The van der Waals surface area contributed by atoms with E-state index in [0.717, 1.165) is 19.3 Å². The van der Waals surface area contributed by atoms with Crippen LogP contribution in [0.3, 0.4) is 0 Å². The van der Waals surface area contributed by atoms with Crippen LogP contribution in [0.25, 0.3) is 0 Å². The first-order valence-corrected chi connectivity index (χ1v) is 4.78. The third-order valence-corrected chi connectivity index (χ3v) is 2.92. The molecule has 0 unspecified atom stereocenters. The number of aliphatic hydroxyl groups is 1. The van der Waals surface area contributed by atoms with Gasteiger partial charge in [0.05, 0.1) is 6.10 Å². The highest BCUT2D eigenvalue weighted by atomic mass is 16.5. The normalized spacial score (nSPS) is 43.2. The van der Waals surface area contributed by atoms with E-state index in [4.69, 9.17) is 4.74 Å². The fourth-order valence-corrected chi connectivity index (χ4v) is 2.30. The Labute approximate surface area is 77.3 Å². The molecule has 2 N–H and O–H groups in total. The van der Waals surface area contributed by atoms with Gasteiger partial charge in [-0.3, -0.25) is 4.79 Å². The van der Waals surface area contributed by atoms with Gasteiger partial charge in [-0.15, -0.1) is 0 Å². The first-order valence-electron chi connectivity index (χ1n) is 4.78. The second kappa shape index (κ2) is 3.27. The molecule has 4 nitrogen and oxygen atoms in total. The second-order valence-corrected chi connectivity index (χ2v) is 3.91. The molecular weight excluding hydrogens is 170 g/mol. The number of carbonyl (C=O) groups is 1. The molecule has 13 heavy (non-hydrogen) atoms. The Balaban J connectivity index is 1.98. The van der Waals surface area contributed by atoms with Crippen LogP contribution in [-0.2, 0) is 9.53 Å². The molecule has 4 heteroatoms. The van der Waals surface area contributed by atoms with E-state index in [1.54, 1.807) is 0 Å². The zero-order chi connectivity index (χ0) is 9.42. The molecule has 2 aliphatic rings. The molecule has 2 fully saturated rings. The second-order valence-electron chi connectivity index (χ2n) is 3.91. The minimum absolute atomic E-state index is 0.0281. The Morgan fingerprint density at radius 2 is 2.23 bits per heavy atom. The van der Waals surface area contributed by atoms with E-state index in [-0.39, 0.29) is 30.3 Å². The average Bonchev–Trinajstić information content (AvgIpc) is 2.37.